The lowest BCUT2D eigenvalue weighted by molar-refractivity contribution is -0.137. The van der Waals surface area contributed by atoms with Gasteiger partial charge in [0, 0.05) is 31.6 Å². The fraction of sp³-hybridized carbons (Fsp3) is 0.917. The van der Waals surface area contributed by atoms with Gasteiger partial charge in [0.05, 0.1) is 11.5 Å². The van der Waals surface area contributed by atoms with E-state index in [1.54, 1.807) is 0 Å². The van der Waals surface area contributed by atoms with Crippen LogP contribution in [-0.2, 0) is 14.6 Å². The van der Waals surface area contributed by atoms with Crippen molar-refractivity contribution in [3.05, 3.63) is 0 Å². The molecule has 18 heavy (non-hydrogen) atoms. The van der Waals surface area contributed by atoms with Gasteiger partial charge in [-0.15, -0.1) is 0 Å². The van der Waals surface area contributed by atoms with Crippen LogP contribution in [0.1, 0.15) is 26.7 Å². The quantitative estimate of drug-likeness (QED) is 0.771. The molecule has 2 saturated heterocycles. The van der Waals surface area contributed by atoms with Crippen LogP contribution >= 0.6 is 0 Å². The summed E-state index contributed by atoms with van der Waals surface area (Å²) in [6.45, 7) is 5.70. The number of amides is 1. The minimum absolute atomic E-state index is 0.0248. The van der Waals surface area contributed by atoms with E-state index in [0.29, 0.717) is 12.8 Å². The Morgan fingerprint density at radius 2 is 1.89 bits per heavy atom. The summed E-state index contributed by atoms with van der Waals surface area (Å²) in [5.74, 6) is 0.570. The maximum Gasteiger partial charge on any atom is 0.223 e. The Labute approximate surface area is 109 Å². The van der Waals surface area contributed by atoms with Gasteiger partial charge in [-0.25, -0.2) is 8.42 Å². The zero-order chi connectivity index (χ0) is 13.3. The summed E-state index contributed by atoms with van der Waals surface area (Å²) in [6.07, 6.45) is 1.02. The second-order valence-electron chi connectivity index (χ2n) is 5.63. The highest BCUT2D eigenvalue weighted by atomic mass is 32.2. The van der Waals surface area contributed by atoms with E-state index in [4.69, 9.17) is 0 Å². The van der Waals surface area contributed by atoms with Crippen LogP contribution in [0.5, 0.6) is 0 Å². The average molecular weight is 274 g/mol. The number of carbonyl (C=O) groups excluding carboxylic acids is 1. The third-order valence-electron chi connectivity index (χ3n) is 3.91. The first-order valence-corrected chi connectivity index (χ1v) is 8.43. The van der Waals surface area contributed by atoms with Crippen LogP contribution in [0.25, 0.3) is 0 Å². The maximum atomic E-state index is 12.3. The van der Waals surface area contributed by atoms with Crippen LogP contribution in [-0.4, -0.2) is 55.9 Å². The highest BCUT2D eigenvalue weighted by molar-refractivity contribution is 7.91. The Morgan fingerprint density at radius 3 is 2.39 bits per heavy atom. The van der Waals surface area contributed by atoms with Gasteiger partial charge < -0.3 is 10.2 Å². The van der Waals surface area contributed by atoms with Crippen molar-refractivity contribution in [3.8, 4) is 0 Å². The number of piperazine rings is 1. The molecule has 5 nitrogen and oxygen atoms in total. The molecule has 0 aromatic carbocycles. The number of hydrogen-bond acceptors (Lipinski definition) is 4. The van der Waals surface area contributed by atoms with Gasteiger partial charge >= 0.3 is 0 Å². The third-order valence-corrected chi connectivity index (χ3v) is 5.74. The Bertz CT molecular complexity index is 411. The highest BCUT2D eigenvalue weighted by Gasteiger charge is 2.34. The molecule has 0 bridgehead atoms. The minimum Gasteiger partial charge on any atom is -0.335 e. The number of carbonyl (C=O) groups is 1. The van der Waals surface area contributed by atoms with Crippen molar-refractivity contribution in [2.75, 3.05) is 24.6 Å². The van der Waals surface area contributed by atoms with Gasteiger partial charge in [0.2, 0.25) is 5.91 Å². The molecule has 0 radical (unpaired) electrons. The molecule has 3 atom stereocenters. The molecule has 6 heteroatoms. The van der Waals surface area contributed by atoms with E-state index < -0.39 is 9.84 Å². The van der Waals surface area contributed by atoms with E-state index in [1.807, 2.05) is 18.7 Å². The number of hydrogen-bond donors (Lipinski definition) is 1. The maximum absolute atomic E-state index is 12.3. The van der Waals surface area contributed by atoms with E-state index >= 15 is 0 Å². The smallest absolute Gasteiger partial charge is 0.223 e. The van der Waals surface area contributed by atoms with Crippen LogP contribution in [0.4, 0.5) is 0 Å². The molecule has 1 amide bonds. The summed E-state index contributed by atoms with van der Waals surface area (Å²) < 4.78 is 22.8. The second kappa shape index (κ2) is 5.17. The van der Waals surface area contributed by atoms with E-state index in [2.05, 4.69) is 5.32 Å². The summed E-state index contributed by atoms with van der Waals surface area (Å²) in [6, 6.07) is 0.388. The molecule has 3 unspecified atom stereocenters. The standard InChI is InChI=1S/C12H22N2O3S/c1-9-6-13-7-10(2)14(9)12(15)5-11-3-4-18(16,17)8-11/h9-11,13H,3-8H2,1-2H3. The average Bonchev–Trinajstić information content (AvgIpc) is 2.57. The van der Waals surface area contributed by atoms with Crippen LogP contribution in [0, 0.1) is 5.92 Å². The molecule has 0 saturated carbocycles. The summed E-state index contributed by atoms with van der Waals surface area (Å²) in [4.78, 5) is 14.2. The third kappa shape index (κ3) is 3.03. The SMILES string of the molecule is CC1CNCC(C)N1C(=O)CC1CCS(=O)(=O)C1. The van der Waals surface area contributed by atoms with Gasteiger partial charge in [0.15, 0.2) is 9.84 Å². The van der Waals surface area contributed by atoms with Crippen molar-refractivity contribution in [1.82, 2.24) is 10.2 Å². The number of nitrogens with one attached hydrogen (secondary N) is 1. The van der Waals surface area contributed by atoms with Gasteiger partial charge in [0.25, 0.3) is 0 Å². The zero-order valence-electron chi connectivity index (χ0n) is 11.1. The van der Waals surface area contributed by atoms with Crippen molar-refractivity contribution >= 4 is 15.7 Å². The van der Waals surface area contributed by atoms with E-state index in [9.17, 15) is 13.2 Å². The molecule has 0 aromatic heterocycles. The molecule has 2 fully saturated rings. The lowest BCUT2D eigenvalue weighted by atomic mass is 10.0. The first-order valence-electron chi connectivity index (χ1n) is 6.61. The van der Waals surface area contributed by atoms with Gasteiger partial charge in [0.1, 0.15) is 0 Å². The number of rotatable bonds is 2. The van der Waals surface area contributed by atoms with Gasteiger partial charge in [-0.05, 0) is 26.2 Å². The van der Waals surface area contributed by atoms with Crippen LogP contribution in [0.15, 0.2) is 0 Å². The highest BCUT2D eigenvalue weighted by Crippen LogP contribution is 2.23. The first kappa shape index (κ1) is 13.8. The lowest BCUT2D eigenvalue weighted by Crippen LogP contribution is -2.57. The number of sulfone groups is 1. The van der Waals surface area contributed by atoms with Crippen LogP contribution in [0.3, 0.4) is 0 Å². The van der Waals surface area contributed by atoms with Crippen molar-refractivity contribution < 1.29 is 13.2 Å². The van der Waals surface area contributed by atoms with Crippen molar-refractivity contribution in [3.63, 3.8) is 0 Å². The molecule has 0 spiro atoms. The Kier molecular flexibility index (Phi) is 3.96. The molecule has 0 aromatic rings. The molecular formula is C12H22N2O3S. The molecule has 104 valence electrons. The summed E-state index contributed by atoms with van der Waals surface area (Å²) in [5.41, 5.74) is 0. The number of nitrogens with zero attached hydrogens (tertiary/aromatic N) is 1. The summed E-state index contributed by atoms with van der Waals surface area (Å²) in [7, 11) is -2.88. The predicted molar refractivity (Wildman–Crippen MR) is 70.0 cm³/mol. The molecule has 1 N–H and O–H groups in total. The predicted octanol–water partition coefficient (Wildman–Crippen LogP) is 0.0200. The lowest BCUT2D eigenvalue weighted by Gasteiger charge is -2.40. The second-order valence-corrected chi connectivity index (χ2v) is 7.86. The van der Waals surface area contributed by atoms with Crippen molar-refractivity contribution in [2.45, 2.75) is 38.8 Å². The summed E-state index contributed by atoms with van der Waals surface area (Å²) in [5, 5.41) is 3.29. The van der Waals surface area contributed by atoms with E-state index in [0.717, 1.165) is 13.1 Å². The van der Waals surface area contributed by atoms with Crippen molar-refractivity contribution in [2.24, 2.45) is 5.92 Å². The molecule has 0 aliphatic carbocycles. The first-order chi connectivity index (χ1) is 8.39. The molecule has 2 aliphatic heterocycles. The Hall–Kier alpha value is -0.620. The monoisotopic (exact) mass is 274 g/mol. The largest absolute Gasteiger partial charge is 0.335 e. The van der Waals surface area contributed by atoms with E-state index in [1.165, 1.54) is 0 Å². The van der Waals surface area contributed by atoms with E-state index in [-0.39, 0.29) is 35.4 Å². The Morgan fingerprint density at radius 1 is 1.28 bits per heavy atom. The molecule has 2 heterocycles. The molecule has 2 aliphatic rings. The van der Waals surface area contributed by atoms with Gasteiger partial charge in [-0.3, -0.25) is 4.79 Å². The topological polar surface area (TPSA) is 66.5 Å². The van der Waals surface area contributed by atoms with Crippen LogP contribution in [0.2, 0.25) is 0 Å². The molecular weight excluding hydrogens is 252 g/mol. The normalized spacial score (nSPS) is 35.7. The fourth-order valence-corrected chi connectivity index (χ4v) is 4.87. The van der Waals surface area contributed by atoms with Crippen molar-refractivity contribution in [1.29, 1.82) is 0 Å². The van der Waals surface area contributed by atoms with Gasteiger partial charge in [-0.1, -0.05) is 0 Å². The molecule has 2 rings (SSSR count). The zero-order valence-corrected chi connectivity index (χ0v) is 11.9. The Balaban J connectivity index is 1.95. The summed E-state index contributed by atoms with van der Waals surface area (Å²) >= 11 is 0. The van der Waals surface area contributed by atoms with Crippen LogP contribution < -0.4 is 5.32 Å². The fourth-order valence-electron chi connectivity index (χ4n) is 3.01. The van der Waals surface area contributed by atoms with Gasteiger partial charge in [-0.2, -0.15) is 0 Å². The minimum atomic E-state index is -2.88.